The summed E-state index contributed by atoms with van der Waals surface area (Å²) in [5.74, 6) is 6.05. The van der Waals surface area contributed by atoms with E-state index < -0.39 is 10.0 Å². The van der Waals surface area contributed by atoms with E-state index in [1.165, 1.54) is 19.2 Å². The maximum Gasteiger partial charge on any atom is 0.240 e. The molecule has 0 aliphatic carbocycles. The summed E-state index contributed by atoms with van der Waals surface area (Å²) < 4.78 is 32.6. The summed E-state index contributed by atoms with van der Waals surface area (Å²) in [5.41, 5.74) is 5.86. The molecule has 0 saturated heterocycles. The zero-order chi connectivity index (χ0) is 15.9. The number of hydrogen-bond acceptors (Lipinski definition) is 4. The maximum absolute atomic E-state index is 12.4. The van der Waals surface area contributed by atoms with Gasteiger partial charge in [-0.2, -0.15) is 0 Å². The molecule has 0 fully saturated rings. The molecule has 0 radical (unpaired) electrons. The molecule has 21 heavy (non-hydrogen) atoms. The number of sulfonamides is 1. The molecule has 1 aromatic rings. The van der Waals surface area contributed by atoms with Crippen LogP contribution >= 0.6 is 0 Å². The lowest BCUT2D eigenvalue weighted by Crippen LogP contribution is -2.33. The van der Waals surface area contributed by atoms with Crippen molar-refractivity contribution < 1.29 is 13.2 Å². The molecule has 0 aliphatic heterocycles. The van der Waals surface area contributed by atoms with Crippen LogP contribution in [0.4, 0.5) is 0 Å². The van der Waals surface area contributed by atoms with Gasteiger partial charge >= 0.3 is 0 Å². The molecule has 0 atom stereocenters. The fourth-order valence-corrected chi connectivity index (χ4v) is 3.27. The third kappa shape index (κ3) is 4.74. The van der Waals surface area contributed by atoms with Gasteiger partial charge in [0.2, 0.25) is 10.0 Å². The highest BCUT2D eigenvalue weighted by molar-refractivity contribution is 7.89. The Morgan fingerprint density at radius 1 is 1.33 bits per heavy atom. The van der Waals surface area contributed by atoms with E-state index in [9.17, 15) is 8.42 Å². The number of benzene rings is 1. The number of rotatable bonds is 6. The van der Waals surface area contributed by atoms with Crippen molar-refractivity contribution in [1.82, 2.24) is 4.72 Å². The zero-order valence-corrected chi connectivity index (χ0v) is 13.5. The quantitative estimate of drug-likeness (QED) is 0.780. The van der Waals surface area contributed by atoms with Gasteiger partial charge in [-0.15, -0.1) is 0 Å². The first-order chi connectivity index (χ1) is 9.98. The molecular formula is C15H22N2O3S. The molecule has 6 heteroatoms. The largest absolute Gasteiger partial charge is 0.495 e. The molecule has 5 nitrogen and oxygen atoms in total. The van der Waals surface area contributed by atoms with Crippen LogP contribution in [-0.4, -0.2) is 28.1 Å². The first kappa shape index (κ1) is 17.5. The summed E-state index contributed by atoms with van der Waals surface area (Å²) in [5, 5.41) is 0. The third-order valence-electron chi connectivity index (χ3n) is 3.11. The average Bonchev–Trinajstić information content (AvgIpc) is 2.50. The fraction of sp³-hybridized carbons (Fsp3) is 0.467. The van der Waals surface area contributed by atoms with Crippen molar-refractivity contribution in [2.24, 2.45) is 5.73 Å². The van der Waals surface area contributed by atoms with E-state index in [1.54, 1.807) is 6.07 Å². The van der Waals surface area contributed by atoms with Gasteiger partial charge < -0.3 is 10.5 Å². The van der Waals surface area contributed by atoms with Crippen molar-refractivity contribution in [3.8, 4) is 17.6 Å². The van der Waals surface area contributed by atoms with Gasteiger partial charge in [0, 0.05) is 6.04 Å². The minimum absolute atomic E-state index is 0.0734. The van der Waals surface area contributed by atoms with Crippen molar-refractivity contribution in [1.29, 1.82) is 0 Å². The molecule has 0 amide bonds. The van der Waals surface area contributed by atoms with E-state index in [-0.39, 0.29) is 17.5 Å². The Morgan fingerprint density at radius 3 is 2.52 bits per heavy atom. The Morgan fingerprint density at radius 2 is 2.00 bits per heavy atom. The van der Waals surface area contributed by atoms with E-state index in [2.05, 4.69) is 16.6 Å². The topological polar surface area (TPSA) is 81.4 Å². The standard InChI is InChI=1S/C15H22N2O3S/c1-4-13(5-2)17-21(18,19)14-8-9-15(20-3)12(11-14)7-6-10-16/h8-9,11,13,17H,4-5,10,16H2,1-3H3. The van der Waals surface area contributed by atoms with Crippen LogP contribution in [0.2, 0.25) is 0 Å². The molecule has 0 aromatic heterocycles. The van der Waals surface area contributed by atoms with E-state index in [0.717, 1.165) is 12.8 Å². The predicted octanol–water partition coefficient (Wildman–Crippen LogP) is 1.47. The second-order valence-electron chi connectivity index (χ2n) is 4.50. The maximum atomic E-state index is 12.4. The SMILES string of the molecule is CCC(CC)NS(=O)(=O)c1ccc(OC)c(C#CCN)c1. The van der Waals surface area contributed by atoms with Gasteiger partial charge in [-0.1, -0.05) is 25.7 Å². The Kier molecular flexibility index (Phi) is 6.69. The van der Waals surface area contributed by atoms with Crippen LogP contribution in [0.5, 0.6) is 5.75 Å². The molecular weight excluding hydrogens is 288 g/mol. The van der Waals surface area contributed by atoms with Crippen LogP contribution in [0.25, 0.3) is 0 Å². The highest BCUT2D eigenvalue weighted by atomic mass is 32.2. The lowest BCUT2D eigenvalue weighted by molar-refractivity contribution is 0.413. The summed E-state index contributed by atoms with van der Waals surface area (Å²) in [7, 11) is -2.05. The highest BCUT2D eigenvalue weighted by Gasteiger charge is 2.19. The summed E-state index contributed by atoms with van der Waals surface area (Å²) >= 11 is 0. The Bertz CT molecular complexity index is 626. The van der Waals surface area contributed by atoms with Gasteiger partial charge in [-0.05, 0) is 31.0 Å². The van der Waals surface area contributed by atoms with Crippen LogP contribution in [0, 0.1) is 11.8 Å². The van der Waals surface area contributed by atoms with Gasteiger partial charge in [0.15, 0.2) is 0 Å². The van der Waals surface area contributed by atoms with Gasteiger partial charge in [0.25, 0.3) is 0 Å². The Hall–Kier alpha value is -1.55. The average molecular weight is 310 g/mol. The van der Waals surface area contributed by atoms with Crippen molar-refractivity contribution in [3.05, 3.63) is 23.8 Å². The van der Waals surface area contributed by atoms with E-state index >= 15 is 0 Å². The highest BCUT2D eigenvalue weighted by Crippen LogP contribution is 2.22. The third-order valence-corrected chi connectivity index (χ3v) is 4.63. The molecule has 0 bridgehead atoms. The Labute approximate surface area is 126 Å². The van der Waals surface area contributed by atoms with Gasteiger partial charge in [0.1, 0.15) is 5.75 Å². The first-order valence-corrected chi connectivity index (χ1v) is 8.36. The van der Waals surface area contributed by atoms with Crippen molar-refractivity contribution in [2.45, 2.75) is 37.6 Å². The van der Waals surface area contributed by atoms with E-state index in [1.807, 2.05) is 13.8 Å². The zero-order valence-electron chi connectivity index (χ0n) is 12.6. The summed E-state index contributed by atoms with van der Waals surface area (Å²) in [6.07, 6.45) is 1.48. The summed E-state index contributed by atoms with van der Waals surface area (Å²) in [6.45, 7) is 4.10. The molecule has 1 aromatic carbocycles. The van der Waals surface area contributed by atoms with Gasteiger partial charge in [-0.3, -0.25) is 0 Å². The molecule has 0 unspecified atom stereocenters. The number of nitrogens with one attached hydrogen (secondary N) is 1. The van der Waals surface area contributed by atoms with Crippen LogP contribution in [0.1, 0.15) is 32.3 Å². The number of nitrogens with two attached hydrogens (primary N) is 1. The fourth-order valence-electron chi connectivity index (χ4n) is 1.84. The molecule has 0 saturated carbocycles. The van der Waals surface area contributed by atoms with E-state index in [4.69, 9.17) is 10.5 Å². The van der Waals surface area contributed by atoms with E-state index in [0.29, 0.717) is 11.3 Å². The predicted molar refractivity (Wildman–Crippen MR) is 83.6 cm³/mol. The first-order valence-electron chi connectivity index (χ1n) is 6.87. The molecule has 0 aliphatic rings. The van der Waals surface area contributed by atoms with Crippen molar-refractivity contribution in [3.63, 3.8) is 0 Å². The van der Waals surface area contributed by atoms with Gasteiger partial charge in [0.05, 0.1) is 24.1 Å². The lowest BCUT2D eigenvalue weighted by Gasteiger charge is -2.15. The molecule has 0 spiro atoms. The minimum Gasteiger partial charge on any atom is -0.495 e. The molecule has 1 rings (SSSR count). The second-order valence-corrected chi connectivity index (χ2v) is 6.22. The normalized spacial score (nSPS) is 11.1. The smallest absolute Gasteiger partial charge is 0.240 e. The number of ether oxygens (including phenoxy) is 1. The van der Waals surface area contributed by atoms with Crippen LogP contribution < -0.4 is 15.2 Å². The molecule has 116 valence electrons. The van der Waals surface area contributed by atoms with Gasteiger partial charge in [-0.25, -0.2) is 13.1 Å². The summed E-state index contributed by atoms with van der Waals surface area (Å²) in [6, 6.07) is 4.54. The molecule has 3 N–H and O–H groups in total. The van der Waals surface area contributed by atoms with Crippen molar-refractivity contribution >= 4 is 10.0 Å². The lowest BCUT2D eigenvalue weighted by atomic mass is 10.2. The Balaban J connectivity index is 3.18. The second kappa shape index (κ2) is 8.03. The number of methoxy groups -OCH3 is 1. The number of hydrogen-bond donors (Lipinski definition) is 2. The van der Waals surface area contributed by atoms with Crippen LogP contribution in [0.3, 0.4) is 0 Å². The minimum atomic E-state index is -3.56. The van der Waals surface area contributed by atoms with Crippen molar-refractivity contribution in [2.75, 3.05) is 13.7 Å². The molecule has 0 heterocycles. The van der Waals surface area contributed by atoms with Crippen LogP contribution in [-0.2, 0) is 10.0 Å². The monoisotopic (exact) mass is 310 g/mol. The summed E-state index contributed by atoms with van der Waals surface area (Å²) in [4.78, 5) is 0.177. The van der Waals surface area contributed by atoms with Crippen LogP contribution in [0.15, 0.2) is 23.1 Å².